The molecule has 1 N–H and O–H groups in total. The summed E-state index contributed by atoms with van der Waals surface area (Å²) in [5.41, 5.74) is 1.34. The zero-order chi connectivity index (χ0) is 31.5. The molecule has 0 saturated carbocycles. The normalized spacial score (nSPS) is 19.1. The summed E-state index contributed by atoms with van der Waals surface area (Å²) in [6, 6.07) is 30.6. The molecular weight excluding hydrogens is 552 g/mol. The van der Waals surface area contributed by atoms with Crippen molar-refractivity contribution in [1.29, 1.82) is 0 Å². The van der Waals surface area contributed by atoms with E-state index in [4.69, 9.17) is 0 Å². The van der Waals surface area contributed by atoms with E-state index < -0.39 is 17.0 Å². The van der Waals surface area contributed by atoms with E-state index >= 15 is 0 Å². The predicted octanol–water partition coefficient (Wildman–Crippen LogP) is 5.14. The first-order chi connectivity index (χ1) is 21.1. The van der Waals surface area contributed by atoms with E-state index in [1.165, 1.54) is 4.90 Å². The third-order valence-corrected chi connectivity index (χ3v) is 9.93. The summed E-state index contributed by atoms with van der Waals surface area (Å²) < 4.78 is 0. The van der Waals surface area contributed by atoms with Crippen molar-refractivity contribution in [2.75, 3.05) is 39.8 Å². The maximum Gasteiger partial charge on any atom is 0.329 e. The van der Waals surface area contributed by atoms with Gasteiger partial charge in [-0.15, -0.1) is 0 Å². The van der Waals surface area contributed by atoms with Gasteiger partial charge >= 0.3 is 12.0 Å². The second kappa shape index (κ2) is 12.8. The number of hydrogen-bond donors (Lipinski definition) is 1. The minimum absolute atomic E-state index is 0.0728. The largest absolute Gasteiger partial charge is 0.479 e. The number of hydrogen-bond acceptors (Lipinski definition) is 4. The maximum absolute atomic E-state index is 14.3. The molecule has 5 rings (SSSR count). The first-order valence-corrected chi connectivity index (χ1v) is 15.6. The van der Waals surface area contributed by atoms with Crippen molar-refractivity contribution in [3.63, 3.8) is 0 Å². The molecule has 8 heteroatoms. The number of carbonyl (C=O) groups excluding carboxylic acids is 2. The monoisotopic (exact) mass is 596 g/mol. The van der Waals surface area contributed by atoms with Crippen LogP contribution in [-0.4, -0.2) is 94.0 Å². The van der Waals surface area contributed by atoms with Crippen LogP contribution in [0.1, 0.15) is 50.3 Å². The molecule has 3 amide bonds. The third-order valence-electron chi connectivity index (χ3n) is 9.93. The summed E-state index contributed by atoms with van der Waals surface area (Å²) >= 11 is 0. The molecule has 2 heterocycles. The van der Waals surface area contributed by atoms with E-state index in [0.29, 0.717) is 32.6 Å². The third kappa shape index (κ3) is 5.36. The highest BCUT2D eigenvalue weighted by Gasteiger charge is 2.52. The number of aliphatic carboxylic acids is 1. The van der Waals surface area contributed by atoms with Crippen LogP contribution in [0.3, 0.4) is 0 Å². The maximum atomic E-state index is 14.3. The van der Waals surface area contributed by atoms with Crippen LogP contribution in [0.5, 0.6) is 0 Å². The van der Waals surface area contributed by atoms with Gasteiger partial charge in [-0.3, -0.25) is 9.69 Å². The lowest BCUT2D eigenvalue weighted by Gasteiger charge is -2.54. The van der Waals surface area contributed by atoms with E-state index in [0.717, 1.165) is 29.7 Å². The number of benzene rings is 3. The first kappa shape index (κ1) is 31.3. The number of likely N-dealkylation sites (N-methyl/N-ethyl adjacent to an activating group) is 1. The zero-order valence-electron chi connectivity index (χ0n) is 26.2. The molecule has 0 spiro atoms. The Kier molecular flexibility index (Phi) is 9.11. The Hall–Kier alpha value is -4.17. The van der Waals surface area contributed by atoms with Gasteiger partial charge in [0.25, 0.3) is 0 Å². The molecule has 2 fully saturated rings. The van der Waals surface area contributed by atoms with Crippen LogP contribution in [0, 0.1) is 5.92 Å². The lowest BCUT2D eigenvalue weighted by molar-refractivity contribution is -0.151. The molecule has 0 bridgehead atoms. The van der Waals surface area contributed by atoms with Gasteiger partial charge < -0.3 is 19.8 Å². The number of likely N-dealkylation sites (tertiary alicyclic amines) is 1. The Morgan fingerprint density at radius 1 is 0.750 bits per heavy atom. The second-order valence-electron chi connectivity index (χ2n) is 12.4. The highest BCUT2D eigenvalue weighted by Crippen LogP contribution is 2.47. The standard InChI is InChI=1S/C36H44N4O4/c1-27(2)35(3,33(42)43)37(4)34(44)39-23-14-22-38(25-26-39)32(41)31-21-24-40(31)36(28-15-8-5-9-16-28,29-17-10-6-11-18-29)30-19-12-7-13-20-30/h5-13,15-20,27,31H,14,21-26H2,1-4H3,(H,42,43)/t31-,35?/m0/s1. The summed E-state index contributed by atoms with van der Waals surface area (Å²) in [7, 11) is 1.56. The lowest BCUT2D eigenvalue weighted by Crippen LogP contribution is -2.65. The lowest BCUT2D eigenvalue weighted by atomic mass is 9.72. The zero-order valence-corrected chi connectivity index (χ0v) is 26.2. The number of amides is 3. The van der Waals surface area contributed by atoms with E-state index in [1.807, 2.05) is 36.9 Å². The van der Waals surface area contributed by atoms with Crippen molar-refractivity contribution in [2.45, 2.75) is 50.7 Å². The van der Waals surface area contributed by atoms with Crippen LogP contribution >= 0.6 is 0 Å². The van der Waals surface area contributed by atoms with Gasteiger partial charge in [-0.1, -0.05) is 105 Å². The SMILES string of the molecule is CC(C)C(C)(C(=O)O)N(C)C(=O)N1CCCN(C(=O)[C@@H]2CCN2C(c2ccccc2)(c2ccccc2)c2ccccc2)CC1. The fourth-order valence-electron chi connectivity index (χ4n) is 6.81. The summed E-state index contributed by atoms with van der Waals surface area (Å²) in [4.78, 5) is 47.3. The van der Waals surface area contributed by atoms with Gasteiger partial charge in [0.1, 0.15) is 5.54 Å². The van der Waals surface area contributed by atoms with Gasteiger partial charge in [-0.05, 0) is 42.4 Å². The Bertz CT molecular complexity index is 1350. The number of rotatable bonds is 8. The number of nitrogens with zero attached hydrogens (tertiary/aromatic N) is 4. The Morgan fingerprint density at radius 2 is 1.20 bits per heavy atom. The molecule has 2 saturated heterocycles. The molecule has 3 aromatic carbocycles. The van der Waals surface area contributed by atoms with E-state index in [2.05, 4.69) is 77.7 Å². The number of urea groups is 1. The summed E-state index contributed by atoms with van der Waals surface area (Å²) in [6.07, 6.45) is 1.38. The van der Waals surface area contributed by atoms with Gasteiger partial charge in [-0.25, -0.2) is 9.59 Å². The van der Waals surface area contributed by atoms with Crippen molar-refractivity contribution in [2.24, 2.45) is 5.92 Å². The minimum atomic E-state index is -1.33. The van der Waals surface area contributed by atoms with Crippen LogP contribution in [0.25, 0.3) is 0 Å². The highest BCUT2D eigenvalue weighted by atomic mass is 16.4. The van der Waals surface area contributed by atoms with Crippen molar-refractivity contribution < 1.29 is 19.5 Å². The first-order valence-electron chi connectivity index (χ1n) is 15.6. The quantitative estimate of drug-likeness (QED) is 0.364. The molecule has 44 heavy (non-hydrogen) atoms. The Labute approximate surface area is 260 Å². The van der Waals surface area contributed by atoms with Gasteiger partial charge in [-0.2, -0.15) is 0 Å². The van der Waals surface area contributed by atoms with Crippen LogP contribution in [0.4, 0.5) is 4.79 Å². The van der Waals surface area contributed by atoms with Crippen molar-refractivity contribution in [1.82, 2.24) is 19.6 Å². The molecular formula is C36H44N4O4. The van der Waals surface area contributed by atoms with Gasteiger partial charge in [0, 0.05) is 39.8 Å². The van der Waals surface area contributed by atoms with Gasteiger partial charge in [0.05, 0.1) is 11.6 Å². The number of carboxylic acid groups (broad SMARTS) is 1. The van der Waals surface area contributed by atoms with Crippen molar-refractivity contribution in [3.8, 4) is 0 Å². The van der Waals surface area contributed by atoms with Crippen LogP contribution in [-0.2, 0) is 15.1 Å². The van der Waals surface area contributed by atoms with Crippen LogP contribution < -0.4 is 0 Å². The molecule has 2 aliphatic rings. The molecule has 0 aromatic heterocycles. The fourth-order valence-corrected chi connectivity index (χ4v) is 6.81. The fraction of sp³-hybridized carbons (Fsp3) is 0.417. The average Bonchev–Trinajstić information content (AvgIpc) is 3.29. The molecule has 232 valence electrons. The summed E-state index contributed by atoms with van der Waals surface area (Å²) in [5.74, 6) is -1.23. The highest BCUT2D eigenvalue weighted by molar-refractivity contribution is 5.86. The smallest absolute Gasteiger partial charge is 0.329 e. The van der Waals surface area contributed by atoms with Crippen molar-refractivity contribution >= 4 is 17.9 Å². The average molecular weight is 597 g/mol. The molecule has 2 atom stereocenters. The number of carboxylic acids is 1. The van der Waals surface area contributed by atoms with Gasteiger partial charge in [0.15, 0.2) is 0 Å². The van der Waals surface area contributed by atoms with E-state index in [9.17, 15) is 19.5 Å². The molecule has 1 unspecified atom stereocenters. The minimum Gasteiger partial charge on any atom is -0.479 e. The predicted molar refractivity (Wildman–Crippen MR) is 171 cm³/mol. The summed E-state index contributed by atoms with van der Waals surface area (Å²) in [6.45, 7) is 7.76. The molecule has 3 aromatic rings. The molecule has 0 aliphatic carbocycles. The van der Waals surface area contributed by atoms with Crippen molar-refractivity contribution in [3.05, 3.63) is 108 Å². The van der Waals surface area contributed by atoms with Crippen LogP contribution in [0.2, 0.25) is 0 Å². The molecule has 8 nitrogen and oxygen atoms in total. The molecule has 2 aliphatic heterocycles. The Morgan fingerprint density at radius 3 is 1.61 bits per heavy atom. The van der Waals surface area contributed by atoms with E-state index in [-0.39, 0.29) is 23.9 Å². The Balaban J connectivity index is 1.42. The van der Waals surface area contributed by atoms with E-state index in [1.54, 1.807) is 18.9 Å². The topological polar surface area (TPSA) is 84.4 Å². The number of carbonyl (C=O) groups is 3. The summed E-state index contributed by atoms with van der Waals surface area (Å²) in [5, 5.41) is 9.95. The van der Waals surface area contributed by atoms with Gasteiger partial charge in [0.2, 0.25) is 5.91 Å². The van der Waals surface area contributed by atoms with Crippen LogP contribution in [0.15, 0.2) is 91.0 Å². The molecule has 0 radical (unpaired) electrons. The second-order valence-corrected chi connectivity index (χ2v) is 12.4.